The van der Waals surface area contributed by atoms with E-state index < -0.39 is 15.9 Å². The van der Waals surface area contributed by atoms with E-state index in [-0.39, 0.29) is 35.3 Å². The quantitative estimate of drug-likeness (QED) is 0.749. The number of aryl methyl sites for hydroxylation is 1. The van der Waals surface area contributed by atoms with Crippen molar-refractivity contribution >= 4 is 33.2 Å². The topological polar surface area (TPSA) is 84.9 Å². The molecule has 0 unspecified atom stereocenters. The van der Waals surface area contributed by atoms with Crippen molar-refractivity contribution in [2.75, 3.05) is 38.2 Å². The fourth-order valence-corrected chi connectivity index (χ4v) is 4.51. The van der Waals surface area contributed by atoms with E-state index in [4.69, 9.17) is 21.1 Å². The number of rotatable bonds is 6. The molecule has 2 aromatic carbocycles. The first-order chi connectivity index (χ1) is 13.8. The van der Waals surface area contributed by atoms with Gasteiger partial charge in [0.05, 0.1) is 28.8 Å². The monoisotopic (exact) mass is 438 g/mol. The second-order valence-electron chi connectivity index (χ2n) is 6.69. The van der Waals surface area contributed by atoms with E-state index in [0.29, 0.717) is 19.0 Å². The Balaban J connectivity index is 1.71. The van der Waals surface area contributed by atoms with Crippen molar-refractivity contribution in [1.29, 1.82) is 0 Å². The fourth-order valence-electron chi connectivity index (χ4n) is 2.91. The number of nitrogens with one attached hydrogen (secondary N) is 1. The Labute approximate surface area is 175 Å². The molecule has 0 bridgehead atoms. The second kappa shape index (κ2) is 9.13. The van der Waals surface area contributed by atoms with Crippen LogP contribution in [0.15, 0.2) is 41.3 Å². The number of nitrogens with zero attached hydrogens (tertiary/aromatic N) is 1. The first-order valence-electron chi connectivity index (χ1n) is 9.15. The summed E-state index contributed by atoms with van der Waals surface area (Å²) in [6.45, 7) is 4.94. The molecule has 29 heavy (non-hydrogen) atoms. The van der Waals surface area contributed by atoms with E-state index in [0.717, 1.165) is 11.1 Å². The minimum Gasteiger partial charge on any atom is -0.483 e. The number of ether oxygens (including phenoxy) is 2. The molecule has 156 valence electrons. The lowest BCUT2D eigenvalue weighted by atomic mass is 10.1. The summed E-state index contributed by atoms with van der Waals surface area (Å²) in [5, 5.41) is 2.87. The first-order valence-corrected chi connectivity index (χ1v) is 11.0. The van der Waals surface area contributed by atoms with Crippen molar-refractivity contribution in [3.8, 4) is 5.75 Å². The highest BCUT2D eigenvalue weighted by molar-refractivity contribution is 7.89. The lowest BCUT2D eigenvalue weighted by Crippen LogP contribution is -2.40. The van der Waals surface area contributed by atoms with Gasteiger partial charge in [0.1, 0.15) is 5.75 Å². The number of sulfonamides is 1. The van der Waals surface area contributed by atoms with Crippen LogP contribution < -0.4 is 10.1 Å². The summed E-state index contributed by atoms with van der Waals surface area (Å²) < 4.78 is 37.8. The zero-order chi connectivity index (χ0) is 21.0. The maximum Gasteiger partial charge on any atom is 0.262 e. The van der Waals surface area contributed by atoms with Gasteiger partial charge in [0.2, 0.25) is 10.0 Å². The number of hydrogen-bond acceptors (Lipinski definition) is 5. The number of carbonyl (C=O) groups excluding carboxylic acids is 1. The minimum absolute atomic E-state index is 0.0644. The van der Waals surface area contributed by atoms with Crippen molar-refractivity contribution in [2.45, 2.75) is 18.7 Å². The highest BCUT2D eigenvalue weighted by Crippen LogP contribution is 2.27. The summed E-state index contributed by atoms with van der Waals surface area (Å²) in [7, 11) is -3.69. The zero-order valence-electron chi connectivity index (χ0n) is 16.3. The van der Waals surface area contributed by atoms with E-state index in [9.17, 15) is 13.2 Å². The Bertz CT molecular complexity index is 1000. The molecule has 1 fully saturated rings. The Kier molecular flexibility index (Phi) is 6.79. The van der Waals surface area contributed by atoms with Gasteiger partial charge in [0.15, 0.2) is 6.61 Å². The predicted molar refractivity (Wildman–Crippen MR) is 111 cm³/mol. The smallest absolute Gasteiger partial charge is 0.262 e. The van der Waals surface area contributed by atoms with E-state index in [1.807, 2.05) is 26.0 Å². The third-order valence-electron chi connectivity index (χ3n) is 4.73. The molecule has 3 rings (SSSR count). The minimum atomic E-state index is -3.69. The third kappa shape index (κ3) is 5.08. The second-order valence-corrected chi connectivity index (χ2v) is 9.04. The van der Waals surface area contributed by atoms with Crippen molar-refractivity contribution in [1.82, 2.24) is 4.31 Å². The molecule has 1 N–H and O–H groups in total. The summed E-state index contributed by atoms with van der Waals surface area (Å²) in [5.41, 5.74) is 2.24. The van der Waals surface area contributed by atoms with Crippen LogP contribution in [0, 0.1) is 13.8 Å². The molecule has 2 aromatic rings. The van der Waals surface area contributed by atoms with E-state index in [1.165, 1.54) is 22.5 Å². The molecule has 1 saturated heterocycles. The summed E-state index contributed by atoms with van der Waals surface area (Å²) in [5.74, 6) is 0.184. The summed E-state index contributed by atoms with van der Waals surface area (Å²) in [6, 6.07) is 9.85. The predicted octanol–water partition coefficient (Wildman–Crippen LogP) is 3.00. The maximum absolute atomic E-state index is 12.8. The third-order valence-corrected chi connectivity index (χ3v) is 6.96. The standard InChI is InChI=1S/C20H23ClN2O5S/c1-14-4-3-5-19(15(14)2)28-13-20(24)22-18-12-16(6-7-17(18)21)29(25,26)23-8-10-27-11-9-23/h3-7,12H,8-11,13H2,1-2H3,(H,22,24). The molecule has 9 heteroatoms. The van der Waals surface area contributed by atoms with Crippen LogP contribution in [0.2, 0.25) is 5.02 Å². The number of amides is 1. The Hall–Kier alpha value is -2.13. The molecule has 1 amide bonds. The summed E-state index contributed by atoms with van der Waals surface area (Å²) in [4.78, 5) is 12.4. The molecule has 0 spiro atoms. The van der Waals surface area contributed by atoms with Gasteiger partial charge in [0.25, 0.3) is 5.91 Å². The van der Waals surface area contributed by atoms with Crippen molar-refractivity contribution in [3.63, 3.8) is 0 Å². The van der Waals surface area contributed by atoms with Crippen LogP contribution in [0.4, 0.5) is 5.69 Å². The number of morpholine rings is 1. The number of hydrogen-bond donors (Lipinski definition) is 1. The lowest BCUT2D eigenvalue weighted by Gasteiger charge is -2.26. The van der Waals surface area contributed by atoms with Crippen LogP contribution in [-0.4, -0.2) is 51.5 Å². The van der Waals surface area contributed by atoms with Gasteiger partial charge < -0.3 is 14.8 Å². The number of halogens is 1. The highest BCUT2D eigenvalue weighted by Gasteiger charge is 2.27. The van der Waals surface area contributed by atoms with Crippen LogP contribution in [-0.2, 0) is 19.6 Å². The molecule has 0 radical (unpaired) electrons. The van der Waals surface area contributed by atoms with Crippen LogP contribution in [0.3, 0.4) is 0 Å². The highest BCUT2D eigenvalue weighted by atomic mass is 35.5. The normalized spacial score (nSPS) is 15.1. The molecule has 1 aliphatic rings. The van der Waals surface area contributed by atoms with Crippen LogP contribution in [0.5, 0.6) is 5.75 Å². The zero-order valence-corrected chi connectivity index (χ0v) is 17.8. The van der Waals surface area contributed by atoms with E-state index in [2.05, 4.69) is 5.32 Å². The van der Waals surface area contributed by atoms with Gasteiger partial charge in [-0.05, 0) is 49.2 Å². The number of anilines is 1. The van der Waals surface area contributed by atoms with E-state index >= 15 is 0 Å². The summed E-state index contributed by atoms with van der Waals surface area (Å²) in [6.07, 6.45) is 0. The van der Waals surface area contributed by atoms with Crippen LogP contribution >= 0.6 is 11.6 Å². The lowest BCUT2D eigenvalue weighted by molar-refractivity contribution is -0.118. The molecule has 1 heterocycles. The molecular formula is C20H23ClN2O5S. The average molecular weight is 439 g/mol. The first kappa shape index (κ1) is 21.6. The van der Waals surface area contributed by atoms with Crippen LogP contribution in [0.25, 0.3) is 0 Å². The number of benzene rings is 2. The molecular weight excluding hydrogens is 416 g/mol. The summed E-state index contributed by atoms with van der Waals surface area (Å²) >= 11 is 6.16. The molecule has 0 atom stereocenters. The molecule has 7 nitrogen and oxygen atoms in total. The Morgan fingerprint density at radius 2 is 1.93 bits per heavy atom. The van der Waals surface area contributed by atoms with Gasteiger partial charge in [-0.15, -0.1) is 0 Å². The van der Waals surface area contributed by atoms with Gasteiger partial charge >= 0.3 is 0 Å². The SMILES string of the molecule is Cc1cccc(OCC(=O)Nc2cc(S(=O)(=O)N3CCOCC3)ccc2Cl)c1C. The Morgan fingerprint density at radius 1 is 1.21 bits per heavy atom. The Morgan fingerprint density at radius 3 is 2.66 bits per heavy atom. The van der Waals surface area contributed by atoms with E-state index in [1.54, 1.807) is 6.07 Å². The van der Waals surface area contributed by atoms with Crippen molar-refractivity contribution in [3.05, 3.63) is 52.5 Å². The maximum atomic E-state index is 12.8. The largest absolute Gasteiger partial charge is 0.483 e. The van der Waals surface area contributed by atoms with Crippen LogP contribution in [0.1, 0.15) is 11.1 Å². The molecule has 1 aliphatic heterocycles. The molecule has 0 saturated carbocycles. The fraction of sp³-hybridized carbons (Fsp3) is 0.350. The number of carbonyl (C=O) groups is 1. The van der Waals surface area contributed by atoms with Gasteiger partial charge in [-0.25, -0.2) is 8.42 Å². The molecule has 0 aliphatic carbocycles. The van der Waals surface area contributed by atoms with Crippen molar-refractivity contribution in [2.24, 2.45) is 0 Å². The van der Waals surface area contributed by atoms with Gasteiger partial charge in [-0.1, -0.05) is 23.7 Å². The molecule has 0 aromatic heterocycles. The van der Waals surface area contributed by atoms with Gasteiger partial charge in [0, 0.05) is 13.1 Å². The average Bonchev–Trinajstić information content (AvgIpc) is 2.71. The van der Waals surface area contributed by atoms with Gasteiger partial charge in [-0.2, -0.15) is 4.31 Å². The van der Waals surface area contributed by atoms with Gasteiger partial charge in [-0.3, -0.25) is 4.79 Å². The van der Waals surface area contributed by atoms with Crippen molar-refractivity contribution < 1.29 is 22.7 Å².